The summed E-state index contributed by atoms with van der Waals surface area (Å²) < 4.78 is 29.2. The Bertz CT molecular complexity index is 1710. The van der Waals surface area contributed by atoms with Crippen molar-refractivity contribution in [2.24, 2.45) is 0 Å². The molecule has 1 atom stereocenters. The van der Waals surface area contributed by atoms with Crippen LogP contribution < -0.4 is 9.62 Å². The minimum absolute atomic E-state index is 0.0337. The van der Waals surface area contributed by atoms with Gasteiger partial charge in [0.25, 0.3) is 10.0 Å². The van der Waals surface area contributed by atoms with E-state index in [9.17, 15) is 18.0 Å². The van der Waals surface area contributed by atoms with Crippen LogP contribution in [0.3, 0.4) is 0 Å². The Balaban J connectivity index is 1.81. The summed E-state index contributed by atoms with van der Waals surface area (Å²) in [6.45, 7) is 6.95. The molecule has 4 aromatic rings. The first-order valence-electron chi connectivity index (χ1n) is 14.5. The van der Waals surface area contributed by atoms with E-state index in [0.717, 1.165) is 21.0 Å². The fourth-order valence-electron chi connectivity index (χ4n) is 4.77. The quantitative estimate of drug-likeness (QED) is 0.186. The largest absolute Gasteiger partial charge is 0.350 e. The van der Waals surface area contributed by atoms with E-state index < -0.39 is 34.1 Å². The molecule has 1 unspecified atom stereocenters. The van der Waals surface area contributed by atoms with Crippen molar-refractivity contribution >= 4 is 50.7 Å². The van der Waals surface area contributed by atoms with Crippen LogP contribution in [0.15, 0.2) is 108 Å². The molecule has 0 aliphatic rings. The van der Waals surface area contributed by atoms with Gasteiger partial charge in [-0.25, -0.2) is 8.42 Å². The Hall–Kier alpha value is -3.85. The van der Waals surface area contributed by atoms with Crippen LogP contribution in [0.4, 0.5) is 5.69 Å². The zero-order valence-electron chi connectivity index (χ0n) is 25.7. The number of anilines is 1. The number of sulfonamides is 1. The van der Waals surface area contributed by atoms with Crippen LogP contribution in [0.5, 0.6) is 0 Å². The molecule has 1 N–H and O–H groups in total. The van der Waals surface area contributed by atoms with Crippen LogP contribution in [-0.4, -0.2) is 43.3 Å². The van der Waals surface area contributed by atoms with Gasteiger partial charge >= 0.3 is 0 Å². The number of halogens is 2. The molecule has 45 heavy (non-hydrogen) atoms. The average molecular weight is 667 g/mol. The number of amides is 2. The molecule has 4 rings (SSSR count). The second kappa shape index (κ2) is 14.5. The molecule has 0 radical (unpaired) electrons. The highest BCUT2D eigenvalue weighted by Crippen LogP contribution is 2.27. The fourth-order valence-corrected chi connectivity index (χ4v) is 6.43. The van der Waals surface area contributed by atoms with Gasteiger partial charge in [-0.3, -0.25) is 13.9 Å². The maximum Gasteiger partial charge on any atom is 0.264 e. The Kier molecular flexibility index (Phi) is 11.0. The average Bonchev–Trinajstić information content (AvgIpc) is 2.99. The highest BCUT2D eigenvalue weighted by atomic mass is 35.5. The van der Waals surface area contributed by atoms with Gasteiger partial charge in [0.15, 0.2) is 0 Å². The fraction of sp³-hybridized carbons (Fsp3) is 0.257. The molecule has 2 amide bonds. The summed E-state index contributed by atoms with van der Waals surface area (Å²) >= 11 is 12.3. The predicted octanol–water partition coefficient (Wildman–Crippen LogP) is 7.05. The summed E-state index contributed by atoms with van der Waals surface area (Å²) in [5.41, 5.74) is 2.16. The maximum atomic E-state index is 14.5. The van der Waals surface area contributed by atoms with Crippen LogP contribution in [0.1, 0.15) is 37.5 Å². The van der Waals surface area contributed by atoms with E-state index in [2.05, 4.69) is 5.32 Å². The van der Waals surface area contributed by atoms with Crippen molar-refractivity contribution < 1.29 is 18.0 Å². The molecular formula is C35H37Cl2N3O4S. The minimum atomic E-state index is -4.20. The van der Waals surface area contributed by atoms with Crippen molar-refractivity contribution in [1.82, 2.24) is 10.2 Å². The third-order valence-corrected chi connectivity index (χ3v) is 9.33. The summed E-state index contributed by atoms with van der Waals surface area (Å²) in [7, 11) is -4.20. The summed E-state index contributed by atoms with van der Waals surface area (Å²) in [5, 5.41) is 3.97. The van der Waals surface area contributed by atoms with Crippen molar-refractivity contribution in [3.8, 4) is 0 Å². The Labute approximate surface area is 275 Å². The molecule has 0 fully saturated rings. The Morgan fingerprint density at radius 3 is 1.89 bits per heavy atom. The molecule has 10 heteroatoms. The summed E-state index contributed by atoms with van der Waals surface area (Å²) in [4.78, 5) is 29.9. The van der Waals surface area contributed by atoms with E-state index >= 15 is 0 Å². The van der Waals surface area contributed by atoms with Crippen molar-refractivity contribution in [3.63, 3.8) is 0 Å². The van der Waals surface area contributed by atoms with Gasteiger partial charge in [0.1, 0.15) is 12.6 Å². The molecular weight excluding hydrogens is 629 g/mol. The number of hydrogen-bond donors (Lipinski definition) is 1. The molecule has 0 heterocycles. The number of nitrogens with one attached hydrogen (secondary N) is 1. The molecule has 236 valence electrons. The van der Waals surface area contributed by atoms with Gasteiger partial charge < -0.3 is 10.2 Å². The first-order chi connectivity index (χ1) is 21.2. The van der Waals surface area contributed by atoms with Crippen molar-refractivity contribution in [1.29, 1.82) is 0 Å². The minimum Gasteiger partial charge on any atom is -0.350 e. The first-order valence-corrected chi connectivity index (χ1v) is 16.7. The van der Waals surface area contributed by atoms with E-state index in [0.29, 0.717) is 10.0 Å². The van der Waals surface area contributed by atoms with Gasteiger partial charge in [0.05, 0.1) is 10.6 Å². The third kappa shape index (κ3) is 9.33. The smallest absolute Gasteiger partial charge is 0.264 e. The molecule has 0 aliphatic heterocycles. The lowest BCUT2D eigenvalue weighted by Crippen LogP contribution is -2.56. The number of nitrogens with zero attached hydrogens (tertiary/aromatic N) is 2. The summed E-state index contributed by atoms with van der Waals surface area (Å²) in [6.07, 6.45) is 0.216. The normalized spacial score (nSPS) is 12.3. The molecule has 7 nitrogen and oxygen atoms in total. The molecule has 0 bridgehead atoms. The number of rotatable bonds is 11. The van der Waals surface area contributed by atoms with Gasteiger partial charge in [-0.05, 0) is 87.4 Å². The predicted molar refractivity (Wildman–Crippen MR) is 181 cm³/mol. The van der Waals surface area contributed by atoms with Gasteiger partial charge in [0.2, 0.25) is 11.8 Å². The molecule has 0 aromatic heterocycles. The molecule has 4 aromatic carbocycles. The standard InChI is InChI=1S/C35H37Cl2N3O4S/c1-25-10-20-31(21-11-25)45(43,44)40(30-18-16-29(37)17-19-30)24-33(41)39(23-27-12-14-28(36)15-13-27)32(34(42)38-35(2,3)4)22-26-8-6-5-7-9-26/h5-21,32H,22-24H2,1-4H3,(H,38,42). The highest BCUT2D eigenvalue weighted by molar-refractivity contribution is 7.92. The topological polar surface area (TPSA) is 86.8 Å². The van der Waals surface area contributed by atoms with E-state index in [1.54, 1.807) is 60.7 Å². The number of hydrogen-bond acceptors (Lipinski definition) is 4. The van der Waals surface area contributed by atoms with E-state index in [1.165, 1.54) is 17.0 Å². The van der Waals surface area contributed by atoms with E-state index in [1.807, 2.05) is 58.0 Å². The molecule has 0 saturated carbocycles. The lowest BCUT2D eigenvalue weighted by Gasteiger charge is -2.35. The Morgan fingerprint density at radius 1 is 0.778 bits per heavy atom. The van der Waals surface area contributed by atoms with Crippen LogP contribution >= 0.6 is 23.2 Å². The monoisotopic (exact) mass is 665 g/mol. The summed E-state index contributed by atoms with van der Waals surface area (Å²) in [6, 6.07) is 28.1. The van der Waals surface area contributed by atoms with Crippen LogP contribution in [0.25, 0.3) is 0 Å². The second-order valence-corrected chi connectivity index (χ2v) is 14.6. The van der Waals surface area contributed by atoms with E-state index in [4.69, 9.17) is 23.2 Å². The highest BCUT2D eigenvalue weighted by Gasteiger charge is 2.35. The van der Waals surface area contributed by atoms with Crippen LogP contribution in [0.2, 0.25) is 10.0 Å². The van der Waals surface area contributed by atoms with Gasteiger partial charge in [-0.2, -0.15) is 0 Å². The molecule has 0 spiro atoms. The van der Waals surface area contributed by atoms with Crippen LogP contribution in [-0.2, 0) is 32.6 Å². The molecule has 0 saturated heterocycles. The second-order valence-electron chi connectivity index (χ2n) is 11.9. The summed E-state index contributed by atoms with van der Waals surface area (Å²) in [5.74, 6) is -0.909. The lowest BCUT2D eigenvalue weighted by atomic mass is 10.0. The van der Waals surface area contributed by atoms with Crippen molar-refractivity contribution in [2.75, 3.05) is 10.8 Å². The number of carbonyl (C=O) groups is 2. The Morgan fingerprint density at radius 2 is 1.33 bits per heavy atom. The molecule has 0 aliphatic carbocycles. The van der Waals surface area contributed by atoms with Gasteiger partial charge in [0, 0.05) is 28.5 Å². The number of aryl methyl sites for hydroxylation is 1. The first kappa shape index (κ1) is 34.0. The van der Waals surface area contributed by atoms with Crippen molar-refractivity contribution in [3.05, 3.63) is 130 Å². The number of carbonyl (C=O) groups excluding carboxylic acids is 2. The third-order valence-electron chi connectivity index (χ3n) is 7.04. The van der Waals surface area contributed by atoms with Gasteiger partial charge in [-0.1, -0.05) is 83.4 Å². The lowest BCUT2D eigenvalue weighted by molar-refractivity contribution is -0.140. The number of benzene rings is 4. The SMILES string of the molecule is Cc1ccc(S(=O)(=O)N(CC(=O)N(Cc2ccc(Cl)cc2)C(Cc2ccccc2)C(=O)NC(C)(C)C)c2ccc(Cl)cc2)cc1. The van der Waals surface area contributed by atoms with Gasteiger partial charge in [-0.15, -0.1) is 0 Å². The van der Waals surface area contributed by atoms with Crippen molar-refractivity contribution in [2.45, 2.75) is 57.1 Å². The van der Waals surface area contributed by atoms with Crippen LogP contribution in [0, 0.1) is 6.92 Å². The zero-order chi connectivity index (χ0) is 32.8. The van der Waals surface area contributed by atoms with E-state index in [-0.39, 0.29) is 29.5 Å². The zero-order valence-corrected chi connectivity index (χ0v) is 28.0. The maximum absolute atomic E-state index is 14.5.